The van der Waals surface area contributed by atoms with Crippen LogP contribution in [0.3, 0.4) is 0 Å². The SMILES string of the molecule is CCCCC(CCC)C1CCCC1. The Morgan fingerprint density at radius 1 is 1.00 bits per heavy atom. The predicted molar refractivity (Wildman–Crippen MR) is 59.9 cm³/mol. The molecule has 0 heterocycles. The minimum absolute atomic E-state index is 1.08. The van der Waals surface area contributed by atoms with Gasteiger partial charge < -0.3 is 0 Å². The van der Waals surface area contributed by atoms with Crippen LogP contribution in [0.2, 0.25) is 0 Å². The van der Waals surface area contributed by atoms with Crippen LogP contribution in [0.5, 0.6) is 0 Å². The second-order valence-electron chi connectivity index (χ2n) is 4.74. The molecule has 0 aromatic carbocycles. The lowest BCUT2D eigenvalue weighted by atomic mass is 9.83. The molecule has 0 N–H and O–H groups in total. The molecule has 0 spiro atoms. The molecule has 0 radical (unpaired) electrons. The smallest absolute Gasteiger partial charge is 0.0386 e. The van der Waals surface area contributed by atoms with Crippen molar-refractivity contribution in [1.29, 1.82) is 0 Å². The van der Waals surface area contributed by atoms with Gasteiger partial charge in [-0.1, -0.05) is 71.6 Å². The summed E-state index contributed by atoms with van der Waals surface area (Å²) in [6, 6.07) is 0. The lowest BCUT2D eigenvalue weighted by Gasteiger charge is -2.22. The third kappa shape index (κ3) is 3.70. The molecule has 1 atom stereocenters. The topological polar surface area (TPSA) is 0 Å². The van der Waals surface area contributed by atoms with E-state index in [9.17, 15) is 0 Å². The van der Waals surface area contributed by atoms with Gasteiger partial charge in [-0.2, -0.15) is 0 Å². The Balaban J connectivity index is 2.26. The Kier molecular flexibility index (Phi) is 5.50. The third-order valence-electron chi connectivity index (χ3n) is 3.65. The van der Waals surface area contributed by atoms with E-state index >= 15 is 0 Å². The Morgan fingerprint density at radius 2 is 1.69 bits per heavy atom. The fourth-order valence-corrected chi connectivity index (χ4v) is 2.88. The minimum atomic E-state index is 1.08. The zero-order valence-corrected chi connectivity index (χ0v) is 9.52. The first-order valence-electron chi connectivity index (χ1n) is 6.38. The van der Waals surface area contributed by atoms with Gasteiger partial charge in [0.2, 0.25) is 0 Å². The summed E-state index contributed by atoms with van der Waals surface area (Å²) in [5.41, 5.74) is 0. The highest BCUT2D eigenvalue weighted by Gasteiger charge is 2.23. The van der Waals surface area contributed by atoms with Gasteiger partial charge in [0.15, 0.2) is 0 Å². The highest BCUT2D eigenvalue weighted by molar-refractivity contribution is 4.75. The Labute approximate surface area is 84.1 Å². The fourth-order valence-electron chi connectivity index (χ4n) is 2.88. The zero-order chi connectivity index (χ0) is 9.52. The molecule has 1 aliphatic rings. The van der Waals surface area contributed by atoms with Crippen LogP contribution in [0.4, 0.5) is 0 Å². The lowest BCUT2D eigenvalue weighted by molar-refractivity contribution is 0.290. The molecule has 1 aliphatic carbocycles. The molecule has 1 unspecified atom stereocenters. The van der Waals surface area contributed by atoms with Crippen LogP contribution in [0, 0.1) is 11.8 Å². The van der Waals surface area contributed by atoms with Gasteiger partial charge in [0.25, 0.3) is 0 Å². The van der Waals surface area contributed by atoms with Crippen LogP contribution in [-0.2, 0) is 0 Å². The summed E-state index contributed by atoms with van der Waals surface area (Å²) in [6.07, 6.45) is 13.3. The van der Waals surface area contributed by atoms with Gasteiger partial charge in [-0.15, -0.1) is 0 Å². The van der Waals surface area contributed by atoms with Crippen molar-refractivity contribution in [3.63, 3.8) is 0 Å². The average molecular weight is 182 g/mol. The molecule has 0 saturated heterocycles. The van der Waals surface area contributed by atoms with Crippen molar-refractivity contribution in [1.82, 2.24) is 0 Å². The fraction of sp³-hybridized carbons (Fsp3) is 1.00. The lowest BCUT2D eigenvalue weighted by Crippen LogP contribution is -2.11. The molecular formula is C13H26. The summed E-state index contributed by atoms with van der Waals surface area (Å²) in [4.78, 5) is 0. The first kappa shape index (κ1) is 11.1. The molecule has 0 heteroatoms. The van der Waals surface area contributed by atoms with E-state index in [0.717, 1.165) is 11.8 Å². The van der Waals surface area contributed by atoms with Crippen molar-refractivity contribution in [2.45, 2.75) is 71.6 Å². The monoisotopic (exact) mass is 182 g/mol. The van der Waals surface area contributed by atoms with E-state index in [4.69, 9.17) is 0 Å². The number of unbranched alkanes of at least 4 members (excludes halogenated alkanes) is 1. The first-order chi connectivity index (χ1) is 6.38. The third-order valence-corrected chi connectivity index (χ3v) is 3.65. The quantitative estimate of drug-likeness (QED) is 0.554. The van der Waals surface area contributed by atoms with Crippen molar-refractivity contribution < 1.29 is 0 Å². The van der Waals surface area contributed by atoms with E-state index in [1.165, 1.54) is 57.8 Å². The van der Waals surface area contributed by atoms with Gasteiger partial charge in [0.1, 0.15) is 0 Å². The molecule has 0 aromatic rings. The highest BCUT2D eigenvalue weighted by atomic mass is 14.3. The van der Waals surface area contributed by atoms with Crippen molar-refractivity contribution in [2.24, 2.45) is 11.8 Å². The largest absolute Gasteiger partial charge is 0.0654 e. The summed E-state index contributed by atoms with van der Waals surface area (Å²) in [5, 5.41) is 0. The molecular weight excluding hydrogens is 156 g/mol. The molecule has 0 amide bonds. The van der Waals surface area contributed by atoms with Crippen LogP contribution in [0.25, 0.3) is 0 Å². The summed E-state index contributed by atoms with van der Waals surface area (Å²) in [5.74, 6) is 2.18. The molecule has 0 aromatic heterocycles. The molecule has 1 rings (SSSR count). The average Bonchev–Trinajstić information content (AvgIpc) is 2.65. The van der Waals surface area contributed by atoms with Crippen LogP contribution >= 0.6 is 0 Å². The van der Waals surface area contributed by atoms with Crippen LogP contribution < -0.4 is 0 Å². The van der Waals surface area contributed by atoms with Crippen molar-refractivity contribution in [2.75, 3.05) is 0 Å². The summed E-state index contributed by atoms with van der Waals surface area (Å²) in [6.45, 7) is 4.66. The Bertz CT molecular complexity index is 111. The molecule has 0 bridgehead atoms. The summed E-state index contributed by atoms with van der Waals surface area (Å²) >= 11 is 0. The number of hydrogen-bond donors (Lipinski definition) is 0. The maximum absolute atomic E-state index is 2.34. The van der Waals surface area contributed by atoms with Gasteiger partial charge in [-0.3, -0.25) is 0 Å². The summed E-state index contributed by atoms with van der Waals surface area (Å²) < 4.78 is 0. The standard InChI is InChI=1S/C13H26/c1-3-5-9-12(8-4-2)13-10-6-7-11-13/h12-13H,3-11H2,1-2H3. The van der Waals surface area contributed by atoms with E-state index < -0.39 is 0 Å². The van der Waals surface area contributed by atoms with Gasteiger partial charge in [-0.25, -0.2) is 0 Å². The first-order valence-corrected chi connectivity index (χ1v) is 6.38. The maximum Gasteiger partial charge on any atom is -0.0386 e. The van der Waals surface area contributed by atoms with Gasteiger partial charge in [0, 0.05) is 0 Å². The Hall–Kier alpha value is 0. The minimum Gasteiger partial charge on any atom is -0.0654 e. The zero-order valence-electron chi connectivity index (χ0n) is 9.52. The van der Waals surface area contributed by atoms with Crippen LogP contribution in [-0.4, -0.2) is 0 Å². The molecule has 0 nitrogen and oxygen atoms in total. The molecule has 0 aliphatic heterocycles. The maximum atomic E-state index is 2.34. The molecule has 1 saturated carbocycles. The molecule has 1 fully saturated rings. The van der Waals surface area contributed by atoms with E-state index in [2.05, 4.69) is 13.8 Å². The number of hydrogen-bond acceptors (Lipinski definition) is 0. The van der Waals surface area contributed by atoms with Crippen molar-refractivity contribution in [3.05, 3.63) is 0 Å². The van der Waals surface area contributed by atoms with Gasteiger partial charge in [0.05, 0.1) is 0 Å². The van der Waals surface area contributed by atoms with Gasteiger partial charge in [-0.05, 0) is 11.8 Å². The van der Waals surface area contributed by atoms with E-state index in [1.807, 2.05) is 0 Å². The van der Waals surface area contributed by atoms with Gasteiger partial charge >= 0.3 is 0 Å². The predicted octanol–water partition coefficient (Wildman–Crippen LogP) is 4.78. The number of rotatable bonds is 6. The second-order valence-corrected chi connectivity index (χ2v) is 4.74. The van der Waals surface area contributed by atoms with E-state index in [1.54, 1.807) is 0 Å². The van der Waals surface area contributed by atoms with Crippen molar-refractivity contribution in [3.8, 4) is 0 Å². The van der Waals surface area contributed by atoms with E-state index in [-0.39, 0.29) is 0 Å². The summed E-state index contributed by atoms with van der Waals surface area (Å²) in [7, 11) is 0. The second kappa shape index (κ2) is 6.45. The van der Waals surface area contributed by atoms with Crippen molar-refractivity contribution >= 4 is 0 Å². The Morgan fingerprint density at radius 3 is 2.23 bits per heavy atom. The van der Waals surface area contributed by atoms with Crippen LogP contribution in [0.15, 0.2) is 0 Å². The molecule has 78 valence electrons. The normalized spacial score (nSPS) is 20.8. The highest BCUT2D eigenvalue weighted by Crippen LogP contribution is 2.36. The van der Waals surface area contributed by atoms with Crippen LogP contribution in [0.1, 0.15) is 71.6 Å². The van der Waals surface area contributed by atoms with E-state index in [0.29, 0.717) is 0 Å². The molecule has 13 heavy (non-hydrogen) atoms.